The van der Waals surface area contributed by atoms with Crippen molar-refractivity contribution in [2.75, 3.05) is 21.5 Å². The van der Waals surface area contributed by atoms with Gasteiger partial charge in [0.1, 0.15) is 0 Å². The Hall–Kier alpha value is -3.65. The van der Waals surface area contributed by atoms with E-state index in [0.29, 0.717) is 34.6 Å². The summed E-state index contributed by atoms with van der Waals surface area (Å²) in [6.07, 6.45) is 1.55. The van der Waals surface area contributed by atoms with Crippen LogP contribution in [0.1, 0.15) is 40.4 Å². The lowest BCUT2D eigenvalue weighted by molar-refractivity contribution is -0.114. The van der Waals surface area contributed by atoms with Crippen molar-refractivity contribution in [1.29, 1.82) is 0 Å². The van der Waals surface area contributed by atoms with E-state index in [4.69, 9.17) is 0 Å². The van der Waals surface area contributed by atoms with E-state index in [1.54, 1.807) is 61.2 Å². The Morgan fingerprint density at radius 3 is 2.26 bits per heavy atom. The van der Waals surface area contributed by atoms with Crippen molar-refractivity contribution < 1.29 is 18.0 Å². The number of fused-ring (bicyclic) bond motifs is 1. The van der Waals surface area contributed by atoms with Crippen molar-refractivity contribution >= 4 is 38.9 Å². The van der Waals surface area contributed by atoms with E-state index in [1.807, 2.05) is 18.2 Å². The van der Waals surface area contributed by atoms with E-state index in [9.17, 15) is 18.0 Å². The highest BCUT2D eigenvalue weighted by Gasteiger charge is 2.25. The molecule has 2 amide bonds. The van der Waals surface area contributed by atoms with Gasteiger partial charge < -0.3 is 10.2 Å². The van der Waals surface area contributed by atoms with Crippen LogP contribution in [0.25, 0.3) is 0 Å². The van der Waals surface area contributed by atoms with Gasteiger partial charge in [0.15, 0.2) is 0 Å². The van der Waals surface area contributed by atoms with Gasteiger partial charge in [-0.3, -0.25) is 14.3 Å². The van der Waals surface area contributed by atoms with E-state index >= 15 is 0 Å². The fourth-order valence-electron chi connectivity index (χ4n) is 4.27. The molecule has 176 valence electrons. The molecule has 0 unspecified atom stereocenters. The van der Waals surface area contributed by atoms with Gasteiger partial charge in [0.25, 0.3) is 15.9 Å². The van der Waals surface area contributed by atoms with Gasteiger partial charge >= 0.3 is 0 Å². The second-order valence-electron chi connectivity index (χ2n) is 8.49. The first kappa shape index (κ1) is 23.5. The van der Waals surface area contributed by atoms with Gasteiger partial charge in [-0.05, 0) is 85.8 Å². The molecule has 2 N–H and O–H groups in total. The third kappa shape index (κ3) is 4.82. The molecule has 0 bridgehead atoms. The number of sulfonamides is 1. The van der Waals surface area contributed by atoms with Crippen molar-refractivity contribution in [3.63, 3.8) is 0 Å². The van der Waals surface area contributed by atoms with Crippen molar-refractivity contribution in [1.82, 2.24) is 0 Å². The minimum absolute atomic E-state index is 0.0694. The van der Waals surface area contributed by atoms with E-state index in [1.165, 1.54) is 6.92 Å². The molecule has 1 aliphatic heterocycles. The van der Waals surface area contributed by atoms with Crippen LogP contribution >= 0.6 is 0 Å². The van der Waals surface area contributed by atoms with Crippen LogP contribution in [0, 0.1) is 13.8 Å². The lowest BCUT2D eigenvalue weighted by Gasteiger charge is -2.30. The van der Waals surface area contributed by atoms with Crippen LogP contribution in [0.4, 0.5) is 17.1 Å². The Balaban J connectivity index is 1.60. The van der Waals surface area contributed by atoms with Gasteiger partial charge in [0.05, 0.1) is 4.90 Å². The molecule has 0 saturated carbocycles. The Kier molecular flexibility index (Phi) is 6.43. The first-order chi connectivity index (χ1) is 16.2. The molecular weight excluding hydrogens is 450 g/mol. The zero-order valence-electron chi connectivity index (χ0n) is 19.4. The van der Waals surface area contributed by atoms with Gasteiger partial charge in [-0.1, -0.05) is 18.2 Å². The van der Waals surface area contributed by atoms with Crippen molar-refractivity contribution in [3.8, 4) is 0 Å². The average molecular weight is 478 g/mol. The molecule has 0 aromatic heterocycles. The second kappa shape index (κ2) is 9.30. The number of carbonyl (C=O) groups excluding carboxylic acids is 2. The predicted molar refractivity (Wildman–Crippen MR) is 134 cm³/mol. The summed E-state index contributed by atoms with van der Waals surface area (Å²) < 4.78 is 28.9. The normalized spacial score (nSPS) is 13.2. The number of carbonyl (C=O) groups is 2. The zero-order valence-corrected chi connectivity index (χ0v) is 20.2. The number of aryl methyl sites for hydroxylation is 3. The maximum absolute atomic E-state index is 13.1. The second-order valence-corrected chi connectivity index (χ2v) is 10.2. The molecule has 0 radical (unpaired) electrons. The fourth-order valence-corrected chi connectivity index (χ4v) is 5.49. The van der Waals surface area contributed by atoms with Crippen LogP contribution in [-0.2, 0) is 21.2 Å². The summed E-state index contributed by atoms with van der Waals surface area (Å²) in [5.74, 6) is -0.283. The molecule has 1 heterocycles. The van der Waals surface area contributed by atoms with Gasteiger partial charge in [-0.15, -0.1) is 0 Å². The highest BCUT2D eigenvalue weighted by atomic mass is 32.2. The number of hydrogen-bond acceptors (Lipinski definition) is 4. The molecule has 0 fully saturated rings. The molecule has 7 nitrogen and oxygen atoms in total. The maximum atomic E-state index is 13.1. The van der Waals surface area contributed by atoms with Crippen LogP contribution in [0.2, 0.25) is 0 Å². The maximum Gasteiger partial charge on any atom is 0.261 e. The van der Waals surface area contributed by atoms with Gasteiger partial charge in [0, 0.05) is 36.1 Å². The molecule has 0 aliphatic carbocycles. The molecule has 0 saturated heterocycles. The van der Waals surface area contributed by atoms with E-state index in [2.05, 4.69) is 10.0 Å². The monoisotopic (exact) mass is 477 g/mol. The molecule has 8 heteroatoms. The van der Waals surface area contributed by atoms with Crippen LogP contribution in [0.15, 0.2) is 65.6 Å². The molecule has 1 aliphatic rings. The van der Waals surface area contributed by atoms with Gasteiger partial charge in [0.2, 0.25) is 5.91 Å². The SMILES string of the molecule is CC(=O)Nc1c(C)cc(S(=O)(=O)Nc2ccc3c(c2)CCCN3C(=O)c2ccccc2)cc1C. The fraction of sp³-hybridized carbons (Fsp3) is 0.231. The first-order valence-corrected chi connectivity index (χ1v) is 12.6. The average Bonchev–Trinajstić information content (AvgIpc) is 2.80. The minimum atomic E-state index is -3.85. The molecule has 3 aromatic rings. The lowest BCUT2D eigenvalue weighted by Crippen LogP contribution is -2.35. The number of benzene rings is 3. The van der Waals surface area contributed by atoms with Crippen LogP contribution in [-0.4, -0.2) is 26.8 Å². The minimum Gasteiger partial charge on any atom is -0.326 e. The first-order valence-electron chi connectivity index (χ1n) is 11.1. The largest absolute Gasteiger partial charge is 0.326 e. The van der Waals surface area contributed by atoms with Crippen LogP contribution in [0.3, 0.4) is 0 Å². The molecule has 0 atom stereocenters. The topological polar surface area (TPSA) is 95.6 Å². The van der Waals surface area contributed by atoms with Crippen molar-refractivity contribution in [2.24, 2.45) is 0 Å². The molecule has 0 spiro atoms. The smallest absolute Gasteiger partial charge is 0.261 e. The van der Waals surface area contributed by atoms with Gasteiger partial charge in [-0.25, -0.2) is 8.42 Å². The molecular formula is C26H27N3O4S. The standard InChI is InChI=1S/C26H27N3O4S/c1-17-14-23(15-18(2)25(17)27-19(3)30)34(32,33)28-22-11-12-24-21(16-22)10-7-13-29(24)26(31)20-8-5-4-6-9-20/h4-6,8-9,11-12,14-16,28H,7,10,13H2,1-3H3,(H,27,30). The predicted octanol–water partition coefficient (Wildman–Crippen LogP) is 4.66. The lowest BCUT2D eigenvalue weighted by atomic mass is 10.00. The Bertz CT molecular complexity index is 1350. The number of rotatable bonds is 5. The number of hydrogen-bond donors (Lipinski definition) is 2. The van der Waals surface area contributed by atoms with E-state index < -0.39 is 10.0 Å². The van der Waals surface area contributed by atoms with E-state index in [-0.39, 0.29) is 16.7 Å². The summed E-state index contributed by atoms with van der Waals surface area (Å²) in [5, 5.41) is 2.74. The molecule has 34 heavy (non-hydrogen) atoms. The molecule has 3 aromatic carbocycles. The molecule has 4 rings (SSSR count). The third-order valence-electron chi connectivity index (χ3n) is 5.83. The van der Waals surface area contributed by atoms with E-state index in [0.717, 1.165) is 24.1 Å². The number of anilines is 3. The summed E-state index contributed by atoms with van der Waals surface area (Å²) in [5.41, 5.74) is 4.72. The van der Waals surface area contributed by atoms with Crippen LogP contribution in [0.5, 0.6) is 0 Å². The Morgan fingerprint density at radius 1 is 0.941 bits per heavy atom. The summed E-state index contributed by atoms with van der Waals surface area (Å²) in [7, 11) is -3.85. The third-order valence-corrected chi connectivity index (χ3v) is 7.19. The zero-order chi connectivity index (χ0) is 24.5. The number of amides is 2. The summed E-state index contributed by atoms with van der Waals surface area (Å²) in [6.45, 7) is 5.55. The van der Waals surface area contributed by atoms with Crippen molar-refractivity contribution in [2.45, 2.75) is 38.5 Å². The Morgan fingerprint density at radius 2 is 1.62 bits per heavy atom. The Labute approximate surface area is 199 Å². The summed E-state index contributed by atoms with van der Waals surface area (Å²) in [6, 6.07) is 17.5. The van der Waals surface area contributed by atoms with Crippen LogP contribution < -0.4 is 14.9 Å². The summed E-state index contributed by atoms with van der Waals surface area (Å²) in [4.78, 5) is 26.3. The van der Waals surface area contributed by atoms with Gasteiger partial charge in [-0.2, -0.15) is 0 Å². The number of nitrogens with zero attached hydrogens (tertiary/aromatic N) is 1. The highest BCUT2D eigenvalue weighted by Crippen LogP contribution is 2.32. The quantitative estimate of drug-likeness (QED) is 0.559. The highest BCUT2D eigenvalue weighted by molar-refractivity contribution is 7.92. The van der Waals surface area contributed by atoms with Crippen molar-refractivity contribution in [3.05, 3.63) is 82.9 Å². The number of nitrogens with one attached hydrogen (secondary N) is 2. The summed E-state index contributed by atoms with van der Waals surface area (Å²) >= 11 is 0.